The summed E-state index contributed by atoms with van der Waals surface area (Å²) in [7, 11) is 1.45. The molecular formula is C21H16F3N5O. The molecule has 0 spiro atoms. The lowest BCUT2D eigenvalue weighted by Crippen LogP contribution is -2.41. The maximum absolute atomic E-state index is 14.6. The second-order valence-corrected chi connectivity index (χ2v) is 6.80. The zero-order valence-corrected chi connectivity index (χ0v) is 15.8. The van der Waals surface area contributed by atoms with Gasteiger partial charge in [0.2, 0.25) is 5.95 Å². The molecule has 0 bridgehead atoms. The highest BCUT2D eigenvalue weighted by atomic mass is 19.1. The number of guanidine groups is 1. The summed E-state index contributed by atoms with van der Waals surface area (Å²) < 4.78 is 42.1. The average molecular weight is 411 g/mol. The molecule has 4 rings (SSSR count). The molecule has 0 saturated heterocycles. The fourth-order valence-electron chi connectivity index (χ4n) is 3.49. The molecule has 1 atom stereocenters. The molecule has 0 saturated carbocycles. The van der Waals surface area contributed by atoms with Gasteiger partial charge < -0.3 is 5.73 Å². The summed E-state index contributed by atoms with van der Waals surface area (Å²) in [5, 5.41) is 0. The number of pyridine rings is 2. The van der Waals surface area contributed by atoms with Crippen molar-refractivity contribution in [3.63, 3.8) is 0 Å². The van der Waals surface area contributed by atoms with E-state index in [9.17, 15) is 18.0 Å². The Morgan fingerprint density at radius 2 is 1.90 bits per heavy atom. The topological polar surface area (TPSA) is 84.5 Å². The number of aromatic nitrogens is 2. The Hall–Kier alpha value is -3.75. The Morgan fingerprint density at radius 3 is 2.57 bits per heavy atom. The van der Waals surface area contributed by atoms with Crippen LogP contribution in [0.25, 0.3) is 11.1 Å². The van der Waals surface area contributed by atoms with E-state index in [2.05, 4.69) is 15.0 Å². The van der Waals surface area contributed by atoms with E-state index in [1.54, 1.807) is 0 Å². The summed E-state index contributed by atoms with van der Waals surface area (Å²) in [5.74, 6) is -2.15. The van der Waals surface area contributed by atoms with Gasteiger partial charge in [0.1, 0.15) is 12.5 Å². The van der Waals surface area contributed by atoms with Crippen LogP contribution in [0.5, 0.6) is 0 Å². The molecule has 9 heteroatoms. The molecule has 3 heterocycles. The highest BCUT2D eigenvalue weighted by Gasteiger charge is 2.50. The van der Waals surface area contributed by atoms with Crippen LogP contribution >= 0.6 is 0 Å². The van der Waals surface area contributed by atoms with Crippen molar-refractivity contribution in [3.05, 3.63) is 83.4 Å². The number of carbonyl (C=O) groups excluding carboxylic acids is 1. The lowest BCUT2D eigenvalue weighted by atomic mass is 9.82. The van der Waals surface area contributed by atoms with Gasteiger partial charge in [0.05, 0.1) is 0 Å². The zero-order chi connectivity index (χ0) is 21.5. The van der Waals surface area contributed by atoms with E-state index in [1.165, 1.54) is 56.0 Å². The Morgan fingerprint density at radius 1 is 1.10 bits per heavy atom. The molecular weight excluding hydrogens is 395 g/mol. The monoisotopic (exact) mass is 411 g/mol. The molecule has 1 aliphatic heterocycles. The van der Waals surface area contributed by atoms with Crippen LogP contribution in [-0.2, 0) is 17.0 Å². The van der Waals surface area contributed by atoms with Crippen LogP contribution in [0.1, 0.15) is 16.7 Å². The third-order valence-corrected chi connectivity index (χ3v) is 5.04. The summed E-state index contributed by atoms with van der Waals surface area (Å²) in [6.45, 7) is -0.796. The Kier molecular flexibility index (Phi) is 4.73. The molecule has 0 fully saturated rings. The lowest BCUT2D eigenvalue weighted by molar-refractivity contribution is -0.129. The predicted molar refractivity (Wildman–Crippen MR) is 104 cm³/mol. The third-order valence-electron chi connectivity index (χ3n) is 5.04. The fraction of sp³-hybridized carbons (Fsp3) is 0.143. The van der Waals surface area contributed by atoms with Crippen LogP contribution in [0, 0.1) is 11.8 Å². The van der Waals surface area contributed by atoms with Gasteiger partial charge in [-0.3, -0.25) is 14.7 Å². The molecule has 1 amide bonds. The Balaban J connectivity index is 1.99. The Bertz CT molecular complexity index is 1180. The number of amides is 1. The molecule has 152 valence electrons. The molecule has 6 nitrogen and oxygen atoms in total. The number of hydrogen-bond donors (Lipinski definition) is 1. The number of carbonyl (C=O) groups is 1. The third kappa shape index (κ3) is 2.90. The van der Waals surface area contributed by atoms with E-state index in [0.29, 0.717) is 0 Å². The van der Waals surface area contributed by atoms with Crippen LogP contribution < -0.4 is 5.73 Å². The summed E-state index contributed by atoms with van der Waals surface area (Å²) in [5.41, 5.74) is 4.77. The number of alkyl halides is 1. The van der Waals surface area contributed by atoms with Crippen molar-refractivity contribution in [3.8, 4) is 11.1 Å². The molecule has 1 aromatic carbocycles. The SMILES string of the molecule is CN1C(=O)C(c2cncc(CF)c2)(c2ccc(F)c(-c3cccnc3F)c2)N=C1N. The van der Waals surface area contributed by atoms with E-state index >= 15 is 0 Å². The van der Waals surface area contributed by atoms with Crippen LogP contribution in [-0.4, -0.2) is 33.8 Å². The number of benzene rings is 1. The van der Waals surface area contributed by atoms with E-state index in [0.717, 1.165) is 11.0 Å². The molecule has 1 aliphatic rings. The number of nitrogens with two attached hydrogens (primary N) is 1. The van der Waals surface area contributed by atoms with Crippen molar-refractivity contribution in [2.75, 3.05) is 7.05 Å². The molecule has 0 radical (unpaired) electrons. The van der Waals surface area contributed by atoms with Crippen molar-refractivity contribution < 1.29 is 18.0 Å². The summed E-state index contributed by atoms with van der Waals surface area (Å²) in [6.07, 6.45) is 3.95. The molecule has 2 aromatic heterocycles. The first kappa shape index (κ1) is 19.6. The van der Waals surface area contributed by atoms with Crippen LogP contribution in [0.4, 0.5) is 13.2 Å². The first-order valence-electron chi connectivity index (χ1n) is 8.93. The van der Waals surface area contributed by atoms with Gasteiger partial charge in [-0.15, -0.1) is 0 Å². The van der Waals surface area contributed by atoms with Gasteiger partial charge in [0.25, 0.3) is 5.91 Å². The lowest BCUT2D eigenvalue weighted by Gasteiger charge is -2.26. The first-order chi connectivity index (χ1) is 14.4. The van der Waals surface area contributed by atoms with Gasteiger partial charge in [0.15, 0.2) is 11.5 Å². The normalized spacial score (nSPS) is 18.6. The first-order valence-corrected chi connectivity index (χ1v) is 8.93. The molecule has 2 N–H and O–H groups in total. The number of halogens is 3. The van der Waals surface area contributed by atoms with Gasteiger partial charge in [0, 0.05) is 47.9 Å². The summed E-state index contributed by atoms with van der Waals surface area (Å²) in [4.78, 5) is 26.3. The largest absolute Gasteiger partial charge is 0.369 e. The quantitative estimate of drug-likeness (QED) is 0.669. The highest BCUT2D eigenvalue weighted by Crippen LogP contribution is 2.41. The van der Waals surface area contributed by atoms with Gasteiger partial charge in [-0.2, -0.15) is 4.39 Å². The fourth-order valence-corrected chi connectivity index (χ4v) is 3.49. The van der Waals surface area contributed by atoms with Crippen LogP contribution in [0.2, 0.25) is 0 Å². The minimum absolute atomic E-state index is 0.0657. The zero-order valence-electron chi connectivity index (χ0n) is 15.8. The maximum atomic E-state index is 14.6. The number of likely N-dealkylation sites (N-methyl/N-ethyl adjacent to an activating group) is 1. The molecule has 0 aliphatic carbocycles. The van der Waals surface area contributed by atoms with E-state index in [1.807, 2.05) is 0 Å². The van der Waals surface area contributed by atoms with Gasteiger partial charge in [-0.05, 0) is 35.9 Å². The maximum Gasteiger partial charge on any atom is 0.266 e. The van der Waals surface area contributed by atoms with E-state index < -0.39 is 29.9 Å². The molecule has 1 unspecified atom stereocenters. The molecule has 3 aromatic rings. The number of hydrogen-bond acceptors (Lipinski definition) is 5. The molecule has 30 heavy (non-hydrogen) atoms. The van der Waals surface area contributed by atoms with Crippen LogP contribution in [0.3, 0.4) is 0 Å². The van der Waals surface area contributed by atoms with Gasteiger partial charge in [-0.25, -0.2) is 18.8 Å². The van der Waals surface area contributed by atoms with Crippen molar-refractivity contribution >= 4 is 11.9 Å². The van der Waals surface area contributed by atoms with E-state index in [4.69, 9.17) is 5.73 Å². The highest BCUT2D eigenvalue weighted by molar-refractivity contribution is 6.09. The van der Waals surface area contributed by atoms with E-state index in [-0.39, 0.29) is 33.8 Å². The van der Waals surface area contributed by atoms with Crippen molar-refractivity contribution in [2.24, 2.45) is 10.7 Å². The predicted octanol–water partition coefficient (Wildman–Crippen LogP) is 2.92. The van der Waals surface area contributed by atoms with Crippen molar-refractivity contribution in [2.45, 2.75) is 12.2 Å². The van der Waals surface area contributed by atoms with Crippen LogP contribution in [0.15, 0.2) is 60.0 Å². The number of aliphatic imine (C=N–C) groups is 1. The summed E-state index contributed by atoms with van der Waals surface area (Å²) in [6, 6.07) is 8.11. The van der Waals surface area contributed by atoms with Crippen molar-refractivity contribution in [1.82, 2.24) is 14.9 Å². The summed E-state index contributed by atoms with van der Waals surface area (Å²) >= 11 is 0. The second-order valence-electron chi connectivity index (χ2n) is 6.80. The average Bonchev–Trinajstić information content (AvgIpc) is 2.99. The van der Waals surface area contributed by atoms with Gasteiger partial charge in [-0.1, -0.05) is 6.07 Å². The van der Waals surface area contributed by atoms with Gasteiger partial charge >= 0.3 is 0 Å². The Labute approximate surface area is 169 Å². The standard InChI is InChI=1S/C21H16F3N5O/c1-29-19(30)21(28-20(29)25,14-7-12(9-22)10-26-11-14)13-4-5-17(23)16(8-13)15-3-2-6-27-18(15)24/h2-8,10-11H,9H2,1H3,(H2,25,28). The van der Waals surface area contributed by atoms with Crippen molar-refractivity contribution in [1.29, 1.82) is 0 Å². The second kappa shape index (κ2) is 7.25. The minimum atomic E-state index is -1.71. The number of nitrogens with zero attached hydrogens (tertiary/aromatic N) is 4. The smallest absolute Gasteiger partial charge is 0.266 e. The number of rotatable bonds is 4. The minimum Gasteiger partial charge on any atom is -0.369 e.